The number of benzene rings is 2. The average molecular weight is 876 g/mol. The fraction of sp³-hybridized carbons (Fsp3) is 0.640. The van der Waals surface area contributed by atoms with Crippen molar-refractivity contribution in [1.82, 2.24) is 13.9 Å². The Balaban J connectivity index is 1.55. The van der Waals surface area contributed by atoms with Crippen molar-refractivity contribution >= 4 is 39.1 Å². The number of hydrogen-bond acceptors (Lipinski definition) is 8. The average Bonchev–Trinajstić information content (AvgIpc) is 3.74. The third-order valence-corrected chi connectivity index (χ3v) is 13.9. The molecule has 11 nitrogen and oxygen atoms in total. The van der Waals surface area contributed by atoms with E-state index in [1.165, 1.54) is 106 Å². The summed E-state index contributed by atoms with van der Waals surface area (Å²) in [6, 6.07) is 11.1. The van der Waals surface area contributed by atoms with Crippen LogP contribution in [0.4, 0.5) is 11.4 Å². The number of rotatable bonds is 29. The minimum absolute atomic E-state index is 0.0224. The number of nitrogens with zero attached hydrogens (tertiary/aromatic N) is 4. The lowest BCUT2D eigenvalue weighted by Gasteiger charge is -2.34. The van der Waals surface area contributed by atoms with Gasteiger partial charge >= 0.3 is 5.97 Å². The van der Waals surface area contributed by atoms with E-state index in [1.54, 1.807) is 24.3 Å². The zero-order valence-electron chi connectivity index (χ0n) is 39.1. The molecule has 0 saturated carbocycles. The topological polar surface area (TPSA) is 132 Å². The van der Waals surface area contributed by atoms with Crippen molar-refractivity contribution in [3.05, 3.63) is 66.2 Å². The standard InChI is InChI=1S/C50H77N5O6S/c1-8-11-13-14-15-16-17-18-19-20-21-22-23-24-25-28-34-55-47(52-41-30-26-27-31-45(41)62(55,58)59)46(54-36-43(51-38-54)49(57)60-7)48(56)53-42-35-40(50(4,5)6)32-33-44(42)61-37-39(10-3)29-12-9-2/h26-27,30-33,35-36,38-39,46H,8-25,28-29,34,37H2,1-7H3,(H,53,56). The molecule has 2 unspecified atom stereocenters. The third-order valence-electron chi connectivity index (χ3n) is 12.0. The van der Waals surface area contributed by atoms with Crippen LogP contribution in [-0.4, -0.2) is 60.2 Å². The number of carbonyl (C=O) groups is 2. The Bertz CT molecular complexity index is 1970. The van der Waals surface area contributed by atoms with E-state index in [1.807, 2.05) is 18.2 Å². The van der Waals surface area contributed by atoms with Gasteiger partial charge in [0.2, 0.25) is 0 Å². The Morgan fingerprint density at radius 3 is 1.97 bits per heavy atom. The maximum atomic E-state index is 15.0. The zero-order chi connectivity index (χ0) is 45.0. The number of ether oxygens (including phenoxy) is 2. The molecular weight excluding hydrogens is 799 g/mol. The van der Waals surface area contributed by atoms with Gasteiger partial charge in [-0.3, -0.25) is 9.10 Å². The molecule has 3 aromatic rings. The monoisotopic (exact) mass is 876 g/mol. The van der Waals surface area contributed by atoms with Crippen LogP contribution in [0.1, 0.15) is 192 Å². The first-order chi connectivity index (χ1) is 29.8. The quantitative estimate of drug-likeness (QED) is 0.0542. The van der Waals surface area contributed by atoms with Crippen LogP contribution < -0.4 is 10.1 Å². The number of unbranched alkanes of at least 4 members (excludes halogenated alkanes) is 16. The largest absolute Gasteiger partial charge is 0.491 e. The van der Waals surface area contributed by atoms with Crippen LogP contribution in [0.25, 0.3) is 0 Å². The van der Waals surface area contributed by atoms with Crippen LogP contribution in [0.5, 0.6) is 5.75 Å². The summed E-state index contributed by atoms with van der Waals surface area (Å²) < 4.78 is 43.2. The van der Waals surface area contributed by atoms with Gasteiger partial charge in [-0.15, -0.1) is 0 Å². The number of carbonyl (C=O) groups excluding carboxylic acids is 2. The molecule has 0 bridgehead atoms. The molecule has 0 aliphatic carbocycles. The molecule has 0 fully saturated rings. The highest BCUT2D eigenvalue weighted by Crippen LogP contribution is 2.37. The van der Waals surface area contributed by atoms with Gasteiger partial charge < -0.3 is 19.4 Å². The van der Waals surface area contributed by atoms with E-state index in [-0.39, 0.29) is 34.1 Å². The summed E-state index contributed by atoms with van der Waals surface area (Å²) in [4.78, 5) is 36.9. The van der Waals surface area contributed by atoms with Gasteiger partial charge in [0, 0.05) is 12.7 Å². The number of aliphatic imine (C=N–C) groups is 1. The molecule has 2 atom stereocenters. The van der Waals surface area contributed by atoms with E-state index in [4.69, 9.17) is 14.5 Å². The van der Waals surface area contributed by atoms with Crippen molar-refractivity contribution in [3.63, 3.8) is 0 Å². The Hall–Kier alpha value is -4.19. The van der Waals surface area contributed by atoms with Gasteiger partial charge in [0.25, 0.3) is 15.9 Å². The minimum Gasteiger partial charge on any atom is -0.491 e. The van der Waals surface area contributed by atoms with Gasteiger partial charge in [-0.05, 0) is 54.0 Å². The number of amides is 1. The Kier molecular flexibility index (Phi) is 21.0. The number of para-hydroxylation sites is 1. The van der Waals surface area contributed by atoms with Crippen molar-refractivity contribution in [2.45, 2.75) is 186 Å². The van der Waals surface area contributed by atoms with Gasteiger partial charge in [-0.25, -0.2) is 23.2 Å². The highest BCUT2D eigenvalue weighted by molar-refractivity contribution is 7.90. The number of imidazole rings is 1. The maximum absolute atomic E-state index is 15.0. The second-order valence-electron chi connectivity index (χ2n) is 18.1. The number of amidine groups is 1. The molecule has 12 heteroatoms. The van der Waals surface area contributed by atoms with E-state index in [9.17, 15) is 18.0 Å². The van der Waals surface area contributed by atoms with Gasteiger partial charge in [-0.1, -0.05) is 175 Å². The first-order valence-electron chi connectivity index (χ1n) is 23.8. The molecular formula is C50H77N5O6S. The lowest BCUT2D eigenvalue weighted by Crippen LogP contribution is -2.47. The van der Waals surface area contributed by atoms with Crippen LogP contribution in [0.15, 0.2) is 64.9 Å². The summed E-state index contributed by atoms with van der Waals surface area (Å²) in [5, 5.41) is 3.12. The first-order valence-corrected chi connectivity index (χ1v) is 25.2. The second kappa shape index (κ2) is 25.8. The number of sulfonamides is 1. The van der Waals surface area contributed by atoms with Gasteiger partial charge in [0.1, 0.15) is 10.6 Å². The number of anilines is 1. The van der Waals surface area contributed by atoms with Crippen LogP contribution in [0, 0.1) is 5.92 Å². The first kappa shape index (κ1) is 50.5. The predicted octanol–water partition coefficient (Wildman–Crippen LogP) is 12.7. The maximum Gasteiger partial charge on any atom is 0.358 e. The van der Waals surface area contributed by atoms with Crippen LogP contribution in [0.3, 0.4) is 0 Å². The fourth-order valence-corrected chi connectivity index (χ4v) is 9.65. The van der Waals surface area contributed by atoms with Crippen LogP contribution in [0.2, 0.25) is 0 Å². The molecule has 1 aromatic heterocycles. The van der Waals surface area contributed by atoms with Crippen molar-refractivity contribution < 1.29 is 27.5 Å². The number of fused-ring (bicyclic) bond motifs is 1. The SMILES string of the molecule is CCCCCCCCCCCCCCCCCCN1C(C(C(=O)Nc2cc(C(C)(C)C)ccc2OCC(CC)CCCC)n2cnc(C(=O)OC)c2)=Nc2ccccc2S1(=O)=O. The van der Waals surface area contributed by atoms with Gasteiger partial charge in [0.15, 0.2) is 17.6 Å². The van der Waals surface area contributed by atoms with E-state index in [0.29, 0.717) is 30.4 Å². The third kappa shape index (κ3) is 15.0. The summed E-state index contributed by atoms with van der Waals surface area (Å²) in [5.74, 6) is -0.335. The Morgan fingerprint density at radius 1 is 0.790 bits per heavy atom. The highest BCUT2D eigenvalue weighted by atomic mass is 32.2. The number of nitrogens with one attached hydrogen (secondary N) is 1. The second-order valence-corrected chi connectivity index (χ2v) is 19.9. The molecule has 0 spiro atoms. The lowest BCUT2D eigenvalue weighted by atomic mass is 9.86. The van der Waals surface area contributed by atoms with E-state index in [0.717, 1.165) is 50.5 Å². The summed E-state index contributed by atoms with van der Waals surface area (Å²) in [6.45, 7) is 13.5. The molecule has 2 heterocycles. The number of esters is 1. The normalized spacial score (nSPS) is 14.5. The molecule has 1 aliphatic rings. The predicted molar refractivity (Wildman–Crippen MR) is 252 cm³/mol. The number of hydrogen-bond donors (Lipinski definition) is 1. The summed E-state index contributed by atoms with van der Waals surface area (Å²) >= 11 is 0. The molecule has 0 saturated heterocycles. The van der Waals surface area contributed by atoms with Gasteiger partial charge in [0.05, 0.1) is 31.4 Å². The minimum atomic E-state index is -4.12. The molecule has 62 heavy (non-hydrogen) atoms. The molecule has 1 N–H and O–H groups in total. The summed E-state index contributed by atoms with van der Waals surface area (Å²) in [6.07, 6.45) is 26.3. The van der Waals surface area contributed by atoms with Gasteiger partial charge in [-0.2, -0.15) is 0 Å². The molecule has 1 aliphatic heterocycles. The highest BCUT2D eigenvalue weighted by Gasteiger charge is 2.41. The molecule has 0 radical (unpaired) electrons. The van der Waals surface area contributed by atoms with E-state index >= 15 is 0 Å². The number of methoxy groups -OCH3 is 1. The van der Waals surface area contributed by atoms with E-state index < -0.39 is 27.9 Å². The van der Waals surface area contributed by atoms with E-state index in [2.05, 4.69) is 51.8 Å². The molecule has 1 amide bonds. The fourth-order valence-electron chi connectivity index (χ4n) is 8.03. The zero-order valence-corrected chi connectivity index (χ0v) is 39.9. The van der Waals surface area contributed by atoms with Crippen LogP contribution in [-0.2, 0) is 25.0 Å². The number of aromatic nitrogens is 2. The van der Waals surface area contributed by atoms with Crippen molar-refractivity contribution in [2.24, 2.45) is 10.9 Å². The molecule has 4 rings (SSSR count). The molecule has 344 valence electrons. The smallest absolute Gasteiger partial charge is 0.358 e. The van der Waals surface area contributed by atoms with Crippen molar-refractivity contribution in [1.29, 1.82) is 0 Å². The summed E-state index contributed by atoms with van der Waals surface area (Å²) in [7, 11) is -2.86. The van der Waals surface area contributed by atoms with Crippen LogP contribution >= 0.6 is 0 Å². The van der Waals surface area contributed by atoms with Crippen molar-refractivity contribution in [3.8, 4) is 5.75 Å². The summed E-state index contributed by atoms with van der Waals surface area (Å²) in [5.41, 5.74) is 1.44. The molecule has 2 aromatic carbocycles. The Morgan fingerprint density at radius 2 is 1.39 bits per heavy atom. The van der Waals surface area contributed by atoms with Crippen molar-refractivity contribution in [2.75, 3.05) is 25.6 Å². The lowest BCUT2D eigenvalue weighted by molar-refractivity contribution is -0.117. The Labute approximate surface area is 373 Å².